The number of rotatable bonds is 3. The first-order valence-electron chi connectivity index (χ1n) is 4.10. The Balaban J connectivity index is 2.68. The van der Waals surface area contributed by atoms with Gasteiger partial charge in [0.15, 0.2) is 0 Å². The fourth-order valence-electron chi connectivity index (χ4n) is 0.940. The Bertz CT molecular complexity index is 339. The van der Waals surface area contributed by atoms with Crippen molar-refractivity contribution in [3.8, 4) is 0 Å². The molecule has 0 atom stereocenters. The lowest BCUT2D eigenvalue weighted by atomic mass is 10.2. The molecule has 0 aliphatic carbocycles. The number of thioether (sulfide) groups is 1. The molecule has 2 nitrogen and oxygen atoms in total. The van der Waals surface area contributed by atoms with Crippen LogP contribution in [0.4, 0.5) is 0 Å². The minimum Gasteiger partial charge on any atom is -0.468 e. The van der Waals surface area contributed by atoms with Crippen LogP contribution in [0, 0.1) is 6.92 Å². The molecule has 0 aliphatic rings. The quantitative estimate of drug-likeness (QED) is 0.590. The number of carbonyl (C=O) groups is 1. The molecule has 0 amide bonds. The topological polar surface area (TPSA) is 26.3 Å². The van der Waals surface area contributed by atoms with E-state index in [9.17, 15) is 4.79 Å². The van der Waals surface area contributed by atoms with Crippen LogP contribution in [-0.2, 0) is 9.53 Å². The maximum absolute atomic E-state index is 10.9. The summed E-state index contributed by atoms with van der Waals surface area (Å²) in [6.45, 7) is 1.93. The van der Waals surface area contributed by atoms with E-state index < -0.39 is 0 Å². The Morgan fingerprint density at radius 2 is 2.29 bits per heavy atom. The molecule has 0 bridgehead atoms. The van der Waals surface area contributed by atoms with Crippen molar-refractivity contribution in [1.82, 2.24) is 0 Å². The number of halogens is 1. The number of hydrogen-bond acceptors (Lipinski definition) is 3. The molecule has 0 spiro atoms. The molecule has 1 aromatic rings. The van der Waals surface area contributed by atoms with Crippen molar-refractivity contribution < 1.29 is 9.53 Å². The third-order valence-electron chi connectivity index (χ3n) is 1.79. The van der Waals surface area contributed by atoms with E-state index in [2.05, 4.69) is 4.74 Å². The van der Waals surface area contributed by atoms with Crippen LogP contribution >= 0.6 is 23.4 Å². The Kier molecular flexibility index (Phi) is 4.29. The average molecular weight is 231 g/mol. The molecule has 14 heavy (non-hydrogen) atoms. The third-order valence-corrected chi connectivity index (χ3v) is 3.33. The number of methoxy groups -OCH3 is 1. The van der Waals surface area contributed by atoms with Crippen LogP contribution in [-0.4, -0.2) is 18.8 Å². The fourth-order valence-corrected chi connectivity index (χ4v) is 2.06. The summed E-state index contributed by atoms with van der Waals surface area (Å²) in [6.07, 6.45) is 0. The molecule has 0 aliphatic heterocycles. The van der Waals surface area contributed by atoms with Crippen LogP contribution in [0.1, 0.15) is 5.56 Å². The zero-order chi connectivity index (χ0) is 10.6. The molecule has 1 rings (SSSR count). The molecule has 0 N–H and O–H groups in total. The molecule has 0 radical (unpaired) electrons. The lowest BCUT2D eigenvalue weighted by Gasteiger charge is -2.05. The van der Waals surface area contributed by atoms with E-state index in [-0.39, 0.29) is 5.97 Å². The predicted molar refractivity (Wildman–Crippen MR) is 58.9 cm³/mol. The number of hydrogen-bond donors (Lipinski definition) is 0. The fraction of sp³-hybridized carbons (Fsp3) is 0.300. The van der Waals surface area contributed by atoms with Crippen molar-refractivity contribution in [2.45, 2.75) is 11.8 Å². The zero-order valence-corrected chi connectivity index (χ0v) is 9.61. The second-order valence-electron chi connectivity index (χ2n) is 2.73. The number of ether oxygens (including phenoxy) is 1. The normalized spacial score (nSPS) is 9.93. The Morgan fingerprint density at radius 1 is 1.57 bits per heavy atom. The Hall–Kier alpha value is -0.670. The molecule has 0 saturated heterocycles. The van der Waals surface area contributed by atoms with Crippen LogP contribution in [0.5, 0.6) is 0 Å². The van der Waals surface area contributed by atoms with Crippen LogP contribution < -0.4 is 0 Å². The van der Waals surface area contributed by atoms with Crippen molar-refractivity contribution in [1.29, 1.82) is 0 Å². The van der Waals surface area contributed by atoms with E-state index in [1.165, 1.54) is 18.9 Å². The van der Waals surface area contributed by atoms with Gasteiger partial charge in [-0.2, -0.15) is 0 Å². The second kappa shape index (κ2) is 5.27. The monoisotopic (exact) mass is 230 g/mol. The van der Waals surface area contributed by atoms with Gasteiger partial charge >= 0.3 is 5.97 Å². The minimum absolute atomic E-state index is 0.227. The van der Waals surface area contributed by atoms with E-state index >= 15 is 0 Å². The van der Waals surface area contributed by atoms with Gasteiger partial charge < -0.3 is 4.74 Å². The predicted octanol–water partition coefficient (Wildman–Crippen LogP) is 2.91. The van der Waals surface area contributed by atoms with Gasteiger partial charge in [0.1, 0.15) is 0 Å². The summed E-state index contributed by atoms with van der Waals surface area (Å²) in [5, 5.41) is 0.722. The summed E-state index contributed by atoms with van der Waals surface area (Å²) in [5.41, 5.74) is 1.00. The maximum Gasteiger partial charge on any atom is 0.315 e. The molecule has 4 heteroatoms. The van der Waals surface area contributed by atoms with Gasteiger partial charge in [0.2, 0.25) is 0 Å². The highest BCUT2D eigenvalue weighted by atomic mass is 35.5. The molecule has 0 heterocycles. The highest BCUT2D eigenvalue weighted by Crippen LogP contribution is 2.27. The van der Waals surface area contributed by atoms with E-state index in [0.717, 1.165) is 15.5 Å². The van der Waals surface area contributed by atoms with E-state index in [4.69, 9.17) is 11.6 Å². The first-order chi connectivity index (χ1) is 6.65. The molecule has 0 saturated carbocycles. The Labute approximate surface area is 92.6 Å². The largest absolute Gasteiger partial charge is 0.468 e. The molecule has 0 fully saturated rings. The lowest BCUT2D eigenvalue weighted by Crippen LogP contribution is -2.03. The van der Waals surface area contributed by atoms with Crippen molar-refractivity contribution in [3.63, 3.8) is 0 Å². The van der Waals surface area contributed by atoms with E-state index in [1.807, 2.05) is 25.1 Å². The van der Waals surface area contributed by atoms with Crippen LogP contribution in [0.2, 0.25) is 5.02 Å². The molecule has 1 aromatic carbocycles. The second-order valence-corrected chi connectivity index (χ2v) is 4.15. The van der Waals surface area contributed by atoms with Gasteiger partial charge in [-0.25, -0.2) is 0 Å². The van der Waals surface area contributed by atoms with Crippen molar-refractivity contribution >= 4 is 29.3 Å². The summed E-state index contributed by atoms with van der Waals surface area (Å²) in [4.78, 5) is 11.9. The molecular formula is C10H11ClO2S. The van der Waals surface area contributed by atoms with Gasteiger partial charge in [0.25, 0.3) is 0 Å². The van der Waals surface area contributed by atoms with Crippen LogP contribution in [0.3, 0.4) is 0 Å². The number of esters is 1. The van der Waals surface area contributed by atoms with Gasteiger partial charge in [-0.1, -0.05) is 17.7 Å². The summed E-state index contributed by atoms with van der Waals surface area (Å²) >= 11 is 7.37. The van der Waals surface area contributed by atoms with Gasteiger partial charge in [-0.15, -0.1) is 11.8 Å². The summed E-state index contributed by atoms with van der Waals surface area (Å²) in [7, 11) is 1.38. The highest BCUT2D eigenvalue weighted by Gasteiger charge is 2.05. The SMILES string of the molecule is COC(=O)CSc1cccc(Cl)c1C. The van der Waals surface area contributed by atoms with Gasteiger partial charge in [-0.3, -0.25) is 4.79 Å². The third kappa shape index (κ3) is 2.93. The standard InChI is InChI=1S/C10H11ClO2S/c1-7-8(11)4-3-5-9(7)14-6-10(12)13-2/h3-5H,6H2,1-2H3. The van der Waals surface area contributed by atoms with Gasteiger partial charge in [-0.05, 0) is 24.6 Å². The zero-order valence-electron chi connectivity index (χ0n) is 8.04. The van der Waals surface area contributed by atoms with Crippen molar-refractivity contribution in [3.05, 3.63) is 28.8 Å². The number of benzene rings is 1. The first kappa shape index (κ1) is 11.4. The van der Waals surface area contributed by atoms with Gasteiger partial charge in [0, 0.05) is 9.92 Å². The summed E-state index contributed by atoms with van der Waals surface area (Å²) in [5.74, 6) is 0.0897. The minimum atomic E-state index is -0.227. The maximum atomic E-state index is 10.9. The van der Waals surface area contributed by atoms with Crippen molar-refractivity contribution in [2.24, 2.45) is 0 Å². The average Bonchev–Trinajstić information content (AvgIpc) is 2.20. The summed E-state index contributed by atoms with van der Waals surface area (Å²) in [6, 6.07) is 5.64. The molecular weight excluding hydrogens is 220 g/mol. The van der Waals surface area contributed by atoms with Gasteiger partial charge in [0.05, 0.1) is 12.9 Å². The Morgan fingerprint density at radius 3 is 2.93 bits per heavy atom. The number of carbonyl (C=O) groups excluding carboxylic acids is 1. The van der Waals surface area contributed by atoms with E-state index in [1.54, 1.807) is 0 Å². The molecule has 0 unspecified atom stereocenters. The molecule has 76 valence electrons. The smallest absolute Gasteiger partial charge is 0.315 e. The highest BCUT2D eigenvalue weighted by molar-refractivity contribution is 8.00. The summed E-state index contributed by atoms with van der Waals surface area (Å²) < 4.78 is 4.55. The van der Waals surface area contributed by atoms with Crippen LogP contribution in [0.25, 0.3) is 0 Å². The lowest BCUT2D eigenvalue weighted by molar-refractivity contribution is -0.137. The first-order valence-corrected chi connectivity index (χ1v) is 5.46. The molecule has 0 aromatic heterocycles. The van der Waals surface area contributed by atoms with Crippen LogP contribution in [0.15, 0.2) is 23.1 Å². The van der Waals surface area contributed by atoms with E-state index in [0.29, 0.717) is 5.75 Å². The van der Waals surface area contributed by atoms with Crippen molar-refractivity contribution in [2.75, 3.05) is 12.9 Å².